The van der Waals surface area contributed by atoms with Crippen LogP contribution in [-0.2, 0) is 0 Å². The number of pyridine rings is 1. The zero-order valence-corrected chi connectivity index (χ0v) is 11.0. The van der Waals surface area contributed by atoms with E-state index in [1.54, 1.807) is 25.4 Å². The van der Waals surface area contributed by atoms with E-state index in [-0.39, 0.29) is 0 Å². The molecule has 0 saturated carbocycles. The Balaban J connectivity index is 2.01. The molecule has 0 radical (unpaired) electrons. The highest BCUT2D eigenvalue weighted by Crippen LogP contribution is 2.33. The molecular weight excluding hydrogens is 252 g/mol. The van der Waals surface area contributed by atoms with Crippen molar-refractivity contribution in [1.82, 2.24) is 4.98 Å². The number of ether oxygens (including phenoxy) is 2. The van der Waals surface area contributed by atoms with Gasteiger partial charge in [0.25, 0.3) is 0 Å². The zero-order valence-electron chi connectivity index (χ0n) is 11.0. The molecule has 0 aliphatic carbocycles. The molecule has 0 saturated heterocycles. The van der Waals surface area contributed by atoms with E-state index in [2.05, 4.69) is 4.98 Å². The van der Waals surface area contributed by atoms with E-state index >= 15 is 0 Å². The van der Waals surface area contributed by atoms with E-state index in [0.29, 0.717) is 17.2 Å². The average Bonchev–Trinajstić information content (AvgIpc) is 2.49. The number of fused-ring (bicyclic) bond motifs is 1. The summed E-state index contributed by atoms with van der Waals surface area (Å²) in [7, 11) is 1.60. The SMILES string of the molecule is COc1ccc(Oc2cccc3ncccc23)c(N)c1. The third kappa shape index (κ3) is 2.23. The van der Waals surface area contributed by atoms with Gasteiger partial charge >= 0.3 is 0 Å². The fourth-order valence-electron chi connectivity index (χ4n) is 2.03. The van der Waals surface area contributed by atoms with Gasteiger partial charge in [-0.25, -0.2) is 0 Å². The standard InChI is InChI=1S/C16H14N2O2/c1-19-11-7-8-16(13(17)10-11)20-15-6-2-5-14-12(15)4-3-9-18-14/h2-10H,17H2,1H3. The van der Waals surface area contributed by atoms with E-state index in [9.17, 15) is 0 Å². The van der Waals surface area contributed by atoms with Gasteiger partial charge in [0, 0.05) is 17.6 Å². The van der Waals surface area contributed by atoms with E-state index in [1.165, 1.54) is 0 Å². The number of nitrogens with zero attached hydrogens (tertiary/aromatic N) is 1. The second kappa shape index (κ2) is 5.09. The highest BCUT2D eigenvalue weighted by atomic mass is 16.5. The van der Waals surface area contributed by atoms with Gasteiger partial charge in [0.15, 0.2) is 5.75 Å². The third-order valence-electron chi connectivity index (χ3n) is 3.04. The van der Waals surface area contributed by atoms with Crippen molar-refractivity contribution >= 4 is 16.6 Å². The lowest BCUT2D eigenvalue weighted by molar-refractivity contribution is 0.413. The smallest absolute Gasteiger partial charge is 0.150 e. The van der Waals surface area contributed by atoms with Gasteiger partial charge in [-0.05, 0) is 36.4 Å². The van der Waals surface area contributed by atoms with Crippen LogP contribution in [0.1, 0.15) is 0 Å². The van der Waals surface area contributed by atoms with Crippen LogP contribution in [0.15, 0.2) is 54.7 Å². The van der Waals surface area contributed by atoms with Crippen LogP contribution in [0.5, 0.6) is 17.2 Å². The van der Waals surface area contributed by atoms with Crippen LogP contribution in [0.25, 0.3) is 10.9 Å². The Kier molecular flexibility index (Phi) is 3.13. The minimum absolute atomic E-state index is 0.533. The summed E-state index contributed by atoms with van der Waals surface area (Å²) in [6, 6.07) is 14.9. The van der Waals surface area contributed by atoms with Gasteiger partial charge in [-0.3, -0.25) is 4.98 Å². The molecule has 100 valence electrons. The van der Waals surface area contributed by atoms with Gasteiger partial charge in [0.2, 0.25) is 0 Å². The normalized spacial score (nSPS) is 10.4. The number of nitrogens with two attached hydrogens (primary N) is 1. The molecule has 0 atom stereocenters. The number of hydrogen-bond donors (Lipinski definition) is 1. The van der Waals surface area contributed by atoms with E-state index in [0.717, 1.165) is 16.7 Å². The zero-order chi connectivity index (χ0) is 13.9. The molecule has 1 heterocycles. The number of hydrogen-bond acceptors (Lipinski definition) is 4. The quantitative estimate of drug-likeness (QED) is 0.736. The summed E-state index contributed by atoms with van der Waals surface area (Å²) in [5, 5.41) is 0.949. The maximum atomic E-state index is 5.97. The molecule has 0 unspecified atom stereocenters. The fraction of sp³-hybridized carbons (Fsp3) is 0.0625. The second-order valence-electron chi connectivity index (χ2n) is 4.33. The average molecular weight is 266 g/mol. The van der Waals surface area contributed by atoms with Crippen LogP contribution < -0.4 is 15.2 Å². The van der Waals surface area contributed by atoms with E-state index < -0.39 is 0 Å². The topological polar surface area (TPSA) is 57.4 Å². The van der Waals surface area contributed by atoms with Crippen molar-refractivity contribution in [2.45, 2.75) is 0 Å². The van der Waals surface area contributed by atoms with Crippen molar-refractivity contribution in [2.75, 3.05) is 12.8 Å². The van der Waals surface area contributed by atoms with Crippen LogP contribution in [-0.4, -0.2) is 12.1 Å². The predicted molar refractivity (Wildman–Crippen MR) is 79.2 cm³/mol. The number of rotatable bonds is 3. The van der Waals surface area contributed by atoms with Crippen molar-refractivity contribution in [2.24, 2.45) is 0 Å². The van der Waals surface area contributed by atoms with Crippen molar-refractivity contribution < 1.29 is 9.47 Å². The molecule has 0 bridgehead atoms. The van der Waals surface area contributed by atoms with E-state index in [1.807, 2.05) is 36.4 Å². The Hall–Kier alpha value is -2.75. The van der Waals surface area contributed by atoms with Crippen molar-refractivity contribution in [3.05, 3.63) is 54.7 Å². The molecule has 0 aliphatic rings. The first-order chi connectivity index (χ1) is 9.78. The van der Waals surface area contributed by atoms with Gasteiger partial charge in [-0.2, -0.15) is 0 Å². The van der Waals surface area contributed by atoms with Gasteiger partial charge < -0.3 is 15.2 Å². The molecule has 0 fully saturated rings. The lowest BCUT2D eigenvalue weighted by Crippen LogP contribution is -1.94. The summed E-state index contributed by atoms with van der Waals surface area (Å²) >= 11 is 0. The Bertz CT molecular complexity index is 751. The molecule has 4 nitrogen and oxygen atoms in total. The molecular formula is C16H14N2O2. The Morgan fingerprint density at radius 1 is 1.00 bits per heavy atom. The molecule has 0 amide bonds. The molecule has 0 aliphatic heterocycles. The fourth-order valence-corrected chi connectivity index (χ4v) is 2.03. The van der Waals surface area contributed by atoms with Gasteiger partial charge in [-0.1, -0.05) is 6.07 Å². The molecule has 1 aromatic heterocycles. The summed E-state index contributed by atoms with van der Waals surface area (Å²) in [4.78, 5) is 4.30. The molecule has 20 heavy (non-hydrogen) atoms. The Labute approximate surface area is 116 Å². The minimum atomic E-state index is 0.533. The van der Waals surface area contributed by atoms with Crippen LogP contribution in [0.3, 0.4) is 0 Å². The first-order valence-corrected chi connectivity index (χ1v) is 6.23. The summed E-state index contributed by atoms with van der Waals surface area (Å²) < 4.78 is 11.0. The monoisotopic (exact) mass is 266 g/mol. The molecule has 3 aromatic rings. The number of nitrogen functional groups attached to an aromatic ring is 1. The number of methoxy groups -OCH3 is 1. The summed E-state index contributed by atoms with van der Waals surface area (Å²) in [6.07, 6.45) is 1.76. The Morgan fingerprint density at radius 2 is 1.90 bits per heavy atom. The number of benzene rings is 2. The first-order valence-electron chi connectivity index (χ1n) is 6.23. The van der Waals surface area contributed by atoms with Crippen LogP contribution >= 0.6 is 0 Å². The maximum absolute atomic E-state index is 5.97. The van der Waals surface area contributed by atoms with Crippen LogP contribution in [0.4, 0.5) is 5.69 Å². The van der Waals surface area contributed by atoms with Crippen molar-refractivity contribution in [1.29, 1.82) is 0 Å². The number of aromatic nitrogens is 1. The first kappa shape index (κ1) is 12.3. The molecule has 0 spiro atoms. The highest BCUT2D eigenvalue weighted by Gasteiger charge is 2.07. The number of anilines is 1. The third-order valence-corrected chi connectivity index (χ3v) is 3.04. The maximum Gasteiger partial charge on any atom is 0.150 e. The minimum Gasteiger partial charge on any atom is -0.497 e. The molecule has 4 heteroatoms. The van der Waals surface area contributed by atoms with Crippen molar-refractivity contribution in [3.63, 3.8) is 0 Å². The molecule has 3 rings (SSSR count). The highest BCUT2D eigenvalue weighted by molar-refractivity contribution is 5.85. The molecule has 2 N–H and O–H groups in total. The summed E-state index contributed by atoms with van der Waals surface area (Å²) in [6.45, 7) is 0. The lowest BCUT2D eigenvalue weighted by atomic mass is 10.2. The van der Waals surface area contributed by atoms with Gasteiger partial charge in [0.05, 0.1) is 18.3 Å². The largest absolute Gasteiger partial charge is 0.497 e. The van der Waals surface area contributed by atoms with Crippen LogP contribution in [0.2, 0.25) is 0 Å². The van der Waals surface area contributed by atoms with Crippen LogP contribution in [0, 0.1) is 0 Å². The predicted octanol–water partition coefficient (Wildman–Crippen LogP) is 3.62. The summed E-state index contributed by atoms with van der Waals surface area (Å²) in [5.41, 5.74) is 7.39. The van der Waals surface area contributed by atoms with Gasteiger partial charge in [-0.15, -0.1) is 0 Å². The Morgan fingerprint density at radius 3 is 2.70 bits per heavy atom. The van der Waals surface area contributed by atoms with E-state index in [4.69, 9.17) is 15.2 Å². The summed E-state index contributed by atoms with van der Waals surface area (Å²) in [5.74, 6) is 2.03. The lowest BCUT2D eigenvalue weighted by Gasteiger charge is -2.11. The second-order valence-corrected chi connectivity index (χ2v) is 4.33. The van der Waals surface area contributed by atoms with Crippen molar-refractivity contribution in [3.8, 4) is 17.2 Å². The molecule has 2 aromatic carbocycles. The van der Waals surface area contributed by atoms with Gasteiger partial charge in [0.1, 0.15) is 11.5 Å².